The van der Waals surface area contributed by atoms with Gasteiger partial charge in [0.25, 0.3) is 0 Å². The molecule has 3 nitrogen and oxygen atoms in total. The fourth-order valence-electron chi connectivity index (χ4n) is 2.28. The average Bonchev–Trinajstić information content (AvgIpc) is 2.41. The second-order valence-corrected chi connectivity index (χ2v) is 6.18. The summed E-state index contributed by atoms with van der Waals surface area (Å²) >= 11 is 9.41. The number of nitrogens with one attached hydrogen (secondary N) is 2. The summed E-state index contributed by atoms with van der Waals surface area (Å²) in [6.07, 6.45) is 5.10. The van der Waals surface area contributed by atoms with Gasteiger partial charge in [0, 0.05) is 16.9 Å². The standard InChI is InChI=1S/C14H18BrClN2O/c15-10-4-6-13(12(16)9-10)18-14(19)7-5-11-3-1-2-8-17-11/h4,6,9,11,17H,1-3,5,7-8H2,(H,18,19). The molecular weight excluding hydrogens is 328 g/mol. The first-order chi connectivity index (χ1) is 9.15. The number of piperidine rings is 1. The SMILES string of the molecule is O=C(CCC1CCCCN1)Nc1ccc(Br)cc1Cl. The molecule has 1 unspecified atom stereocenters. The van der Waals surface area contributed by atoms with Crippen LogP contribution in [0.1, 0.15) is 32.1 Å². The molecule has 2 rings (SSSR count). The van der Waals surface area contributed by atoms with Gasteiger partial charge in [-0.2, -0.15) is 0 Å². The van der Waals surface area contributed by atoms with Crippen LogP contribution >= 0.6 is 27.5 Å². The number of carbonyl (C=O) groups excluding carboxylic acids is 1. The van der Waals surface area contributed by atoms with E-state index in [1.54, 1.807) is 6.07 Å². The van der Waals surface area contributed by atoms with E-state index in [4.69, 9.17) is 11.6 Å². The highest BCUT2D eigenvalue weighted by Crippen LogP contribution is 2.25. The third-order valence-electron chi connectivity index (χ3n) is 3.34. The topological polar surface area (TPSA) is 41.1 Å². The van der Waals surface area contributed by atoms with Gasteiger partial charge >= 0.3 is 0 Å². The summed E-state index contributed by atoms with van der Waals surface area (Å²) < 4.78 is 0.905. The van der Waals surface area contributed by atoms with Crippen LogP contribution in [0, 0.1) is 0 Å². The third-order valence-corrected chi connectivity index (χ3v) is 4.14. The van der Waals surface area contributed by atoms with E-state index in [0.29, 0.717) is 23.2 Å². The van der Waals surface area contributed by atoms with E-state index < -0.39 is 0 Å². The minimum atomic E-state index is 0.0246. The molecule has 0 aromatic heterocycles. The molecule has 1 heterocycles. The minimum absolute atomic E-state index is 0.0246. The predicted octanol–water partition coefficient (Wildman–Crippen LogP) is 3.96. The Labute approximate surface area is 127 Å². The van der Waals surface area contributed by atoms with Crippen LogP contribution in [0.4, 0.5) is 5.69 Å². The van der Waals surface area contributed by atoms with Gasteiger partial charge in [0.15, 0.2) is 0 Å². The number of anilines is 1. The quantitative estimate of drug-likeness (QED) is 0.867. The summed E-state index contributed by atoms with van der Waals surface area (Å²) in [6.45, 7) is 1.07. The second-order valence-electron chi connectivity index (χ2n) is 4.86. The molecule has 1 saturated heterocycles. The molecule has 0 aliphatic carbocycles. The normalized spacial score (nSPS) is 19.2. The van der Waals surface area contributed by atoms with Gasteiger partial charge in [0.05, 0.1) is 10.7 Å². The Morgan fingerprint density at radius 1 is 1.47 bits per heavy atom. The lowest BCUT2D eigenvalue weighted by Crippen LogP contribution is -2.34. The summed E-state index contributed by atoms with van der Waals surface area (Å²) in [6, 6.07) is 5.94. The molecule has 1 aliphatic rings. The number of rotatable bonds is 4. The fourth-order valence-corrected chi connectivity index (χ4v) is 3.00. The van der Waals surface area contributed by atoms with E-state index in [9.17, 15) is 4.79 Å². The zero-order chi connectivity index (χ0) is 13.7. The molecular formula is C14H18BrClN2O. The molecule has 0 bridgehead atoms. The minimum Gasteiger partial charge on any atom is -0.325 e. The van der Waals surface area contributed by atoms with E-state index in [1.165, 1.54) is 19.3 Å². The first-order valence-corrected chi connectivity index (χ1v) is 7.80. The van der Waals surface area contributed by atoms with Crippen LogP contribution in [0.3, 0.4) is 0 Å². The van der Waals surface area contributed by atoms with Gasteiger partial charge in [-0.15, -0.1) is 0 Å². The van der Waals surface area contributed by atoms with Crippen molar-refractivity contribution in [1.29, 1.82) is 0 Å². The molecule has 5 heteroatoms. The molecule has 2 N–H and O–H groups in total. The number of carbonyl (C=O) groups is 1. The second kappa shape index (κ2) is 7.27. The molecule has 104 valence electrons. The maximum atomic E-state index is 11.9. The molecule has 0 saturated carbocycles. The first kappa shape index (κ1) is 14.8. The highest BCUT2D eigenvalue weighted by molar-refractivity contribution is 9.10. The number of hydrogen-bond donors (Lipinski definition) is 2. The monoisotopic (exact) mass is 344 g/mol. The highest BCUT2D eigenvalue weighted by atomic mass is 79.9. The van der Waals surface area contributed by atoms with Crippen molar-refractivity contribution in [2.75, 3.05) is 11.9 Å². The molecule has 0 spiro atoms. The number of amides is 1. The molecule has 0 radical (unpaired) electrons. The summed E-state index contributed by atoms with van der Waals surface area (Å²) in [5.41, 5.74) is 0.673. The van der Waals surface area contributed by atoms with Gasteiger partial charge in [-0.3, -0.25) is 4.79 Å². The zero-order valence-corrected chi connectivity index (χ0v) is 13.1. The van der Waals surface area contributed by atoms with Crippen LogP contribution in [-0.2, 0) is 4.79 Å². The van der Waals surface area contributed by atoms with E-state index >= 15 is 0 Å². The van der Waals surface area contributed by atoms with Crippen molar-refractivity contribution in [2.24, 2.45) is 0 Å². The summed E-state index contributed by atoms with van der Waals surface area (Å²) in [4.78, 5) is 11.9. The number of benzene rings is 1. The average molecular weight is 346 g/mol. The predicted molar refractivity (Wildman–Crippen MR) is 82.7 cm³/mol. The summed E-state index contributed by atoms with van der Waals surface area (Å²) in [5, 5.41) is 6.86. The smallest absolute Gasteiger partial charge is 0.224 e. The Balaban J connectivity index is 1.80. The Kier molecular flexibility index (Phi) is 5.67. The van der Waals surface area contributed by atoms with Gasteiger partial charge in [0.2, 0.25) is 5.91 Å². The van der Waals surface area contributed by atoms with Crippen molar-refractivity contribution in [1.82, 2.24) is 5.32 Å². The lowest BCUT2D eigenvalue weighted by Gasteiger charge is -2.23. The largest absolute Gasteiger partial charge is 0.325 e. The zero-order valence-electron chi connectivity index (χ0n) is 10.7. The van der Waals surface area contributed by atoms with Crippen LogP contribution in [-0.4, -0.2) is 18.5 Å². The molecule has 1 amide bonds. The van der Waals surface area contributed by atoms with E-state index in [1.807, 2.05) is 12.1 Å². The van der Waals surface area contributed by atoms with Crippen LogP contribution in [0.5, 0.6) is 0 Å². The Bertz CT molecular complexity index is 447. The summed E-state index contributed by atoms with van der Waals surface area (Å²) in [5.74, 6) is 0.0246. The van der Waals surface area contributed by atoms with Crippen LogP contribution < -0.4 is 10.6 Å². The third kappa shape index (κ3) is 4.79. The molecule has 1 atom stereocenters. The van der Waals surface area contributed by atoms with Crippen LogP contribution in [0.25, 0.3) is 0 Å². The molecule has 1 aromatic rings. The molecule has 1 aromatic carbocycles. The van der Waals surface area contributed by atoms with Crippen molar-refractivity contribution in [2.45, 2.75) is 38.1 Å². The molecule has 1 aliphatic heterocycles. The Morgan fingerprint density at radius 2 is 2.32 bits per heavy atom. The maximum Gasteiger partial charge on any atom is 0.224 e. The van der Waals surface area contributed by atoms with Gasteiger partial charge < -0.3 is 10.6 Å². The molecule has 1 fully saturated rings. The fraction of sp³-hybridized carbons (Fsp3) is 0.500. The van der Waals surface area contributed by atoms with E-state index in [-0.39, 0.29) is 5.91 Å². The Morgan fingerprint density at radius 3 is 3.00 bits per heavy atom. The number of hydrogen-bond acceptors (Lipinski definition) is 2. The van der Waals surface area contributed by atoms with E-state index in [0.717, 1.165) is 17.4 Å². The lowest BCUT2D eigenvalue weighted by molar-refractivity contribution is -0.116. The van der Waals surface area contributed by atoms with Crippen molar-refractivity contribution in [3.63, 3.8) is 0 Å². The molecule has 19 heavy (non-hydrogen) atoms. The van der Waals surface area contributed by atoms with Crippen molar-refractivity contribution >= 4 is 39.1 Å². The highest BCUT2D eigenvalue weighted by Gasteiger charge is 2.14. The lowest BCUT2D eigenvalue weighted by atomic mass is 10.0. The van der Waals surface area contributed by atoms with Crippen molar-refractivity contribution in [3.8, 4) is 0 Å². The van der Waals surface area contributed by atoms with E-state index in [2.05, 4.69) is 26.6 Å². The van der Waals surface area contributed by atoms with Crippen LogP contribution in [0.2, 0.25) is 5.02 Å². The Hall–Kier alpha value is -0.580. The number of halogens is 2. The maximum absolute atomic E-state index is 11.9. The van der Waals surface area contributed by atoms with Gasteiger partial charge in [-0.05, 0) is 44.0 Å². The van der Waals surface area contributed by atoms with Crippen molar-refractivity contribution < 1.29 is 4.79 Å². The first-order valence-electron chi connectivity index (χ1n) is 6.63. The van der Waals surface area contributed by atoms with Crippen molar-refractivity contribution in [3.05, 3.63) is 27.7 Å². The van der Waals surface area contributed by atoms with Crippen LogP contribution in [0.15, 0.2) is 22.7 Å². The van der Waals surface area contributed by atoms with Gasteiger partial charge in [-0.1, -0.05) is 34.0 Å². The van der Waals surface area contributed by atoms with Gasteiger partial charge in [-0.25, -0.2) is 0 Å². The van der Waals surface area contributed by atoms with Gasteiger partial charge in [0.1, 0.15) is 0 Å². The summed E-state index contributed by atoms with van der Waals surface area (Å²) in [7, 11) is 0.